The van der Waals surface area contributed by atoms with Crippen LogP contribution in [0.3, 0.4) is 0 Å². The highest BCUT2D eigenvalue weighted by Gasteiger charge is 2.25. The highest BCUT2D eigenvalue weighted by molar-refractivity contribution is 7.22. The van der Waals surface area contributed by atoms with E-state index < -0.39 is 17.5 Å². The SMILES string of the molecule is Cc1cc(C(=O)N(Cc2ccccc2)c2nc3c(F)cc(F)cc3s2)on1. The molecule has 0 radical (unpaired) electrons. The third kappa shape index (κ3) is 3.43. The van der Waals surface area contributed by atoms with Gasteiger partial charge in [0.25, 0.3) is 5.91 Å². The average molecular weight is 385 g/mol. The van der Waals surface area contributed by atoms with Crippen molar-refractivity contribution in [1.29, 1.82) is 0 Å². The molecule has 2 aromatic carbocycles. The van der Waals surface area contributed by atoms with E-state index in [0.29, 0.717) is 10.4 Å². The van der Waals surface area contributed by atoms with Gasteiger partial charge in [0.15, 0.2) is 10.9 Å². The molecule has 2 aromatic heterocycles. The fourth-order valence-electron chi connectivity index (χ4n) is 2.65. The third-order valence-corrected chi connectivity index (χ3v) is 4.93. The highest BCUT2D eigenvalue weighted by atomic mass is 32.1. The minimum Gasteiger partial charge on any atom is -0.351 e. The van der Waals surface area contributed by atoms with E-state index >= 15 is 0 Å². The van der Waals surface area contributed by atoms with Crippen LogP contribution in [-0.4, -0.2) is 16.0 Å². The number of anilines is 1. The Balaban J connectivity index is 1.79. The second kappa shape index (κ2) is 6.88. The Labute approximate surface area is 156 Å². The van der Waals surface area contributed by atoms with Gasteiger partial charge in [-0.15, -0.1) is 0 Å². The Kier molecular flexibility index (Phi) is 4.41. The first-order valence-corrected chi connectivity index (χ1v) is 8.87. The molecule has 5 nitrogen and oxygen atoms in total. The van der Waals surface area contributed by atoms with Crippen molar-refractivity contribution in [1.82, 2.24) is 10.1 Å². The molecule has 136 valence electrons. The molecule has 4 rings (SSSR count). The van der Waals surface area contributed by atoms with Crippen molar-refractivity contribution in [3.63, 3.8) is 0 Å². The van der Waals surface area contributed by atoms with Gasteiger partial charge in [0.2, 0.25) is 5.76 Å². The molecule has 0 atom stereocenters. The number of carbonyl (C=O) groups excluding carboxylic acids is 1. The Bertz CT molecular complexity index is 1120. The number of aromatic nitrogens is 2. The van der Waals surface area contributed by atoms with Crippen LogP contribution in [0.1, 0.15) is 21.8 Å². The number of benzene rings is 2. The Hall–Kier alpha value is -3.13. The number of rotatable bonds is 4. The molecular weight excluding hydrogens is 372 g/mol. The molecule has 4 aromatic rings. The van der Waals surface area contributed by atoms with Gasteiger partial charge >= 0.3 is 0 Å². The van der Waals surface area contributed by atoms with Gasteiger partial charge in [-0.1, -0.05) is 46.8 Å². The lowest BCUT2D eigenvalue weighted by molar-refractivity contribution is 0.0949. The zero-order valence-electron chi connectivity index (χ0n) is 14.1. The largest absolute Gasteiger partial charge is 0.351 e. The maximum atomic E-state index is 14.1. The topological polar surface area (TPSA) is 59.2 Å². The first-order valence-electron chi connectivity index (χ1n) is 8.06. The number of nitrogens with zero attached hydrogens (tertiary/aromatic N) is 3. The summed E-state index contributed by atoms with van der Waals surface area (Å²) in [5.41, 5.74) is 1.44. The van der Waals surface area contributed by atoms with Gasteiger partial charge in [-0.25, -0.2) is 13.8 Å². The Morgan fingerprint density at radius 1 is 1.19 bits per heavy atom. The lowest BCUT2D eigenvalue weighted by atomic mass is 10.2. The van der Waals surface area contributed by atoms with Crippen molar-refractivity contribution >= 4 is 32.6 Å². The van der Waals surface area contributed by atoms with E-state index in [4.69, 9.17) is 4.52 Å². The maximum Gasteiger partial charge on any atom is 0.298 e. The number of fused-ring (bicyclic) bond motifs is 1. The first kappa shape index (κ1) is 17.3. The van der Waals surface area contributed by atoms with Crippen LogP contribution in [0.5, 0.6) is 0 Å². The number of halogens is 2. The molecule has 8 heteroatoms. The van der Waals surface area contributed by atoms with E-state index in [1.165, 1.54) is 17.0 Å². The van der Waals surface area contributed by atoms with E-state index in [0.717, 1.165) is 23.0 Å². The van der Waals surface area contributed by atoms with Crippen molar-refractivity contribution in [2.75, 3.05) is 4.90 Å². The fraction of sp³-hybridized carbons (Fsp3) is 0.105. The van der Waals surface area contributed by atoms with Crippen LogP contribution in [0.2, 0.25) is 0 Å². The van der Waals surface area contributed by atoms with Gasteiger partial charge in [0.1, 0.15) is 11.3 Å². The first-order chi connectivity index (χ1) is 13.0. The minimum atomic E-state index is -0.768. The minimum absolute atomic E-state index is 0.0241. The molecule has 0 N–H and O–H groups in total. The molecule has 2 heterocycles. The van der Waals surface area contributed by atoms with Gasteiger partial charge in [-0.2, -0.15) is 0 Å². The fourth-order valence-corrected chi connectivity index (χ4v) is 3.65. The van der Waals surface area contributed by atoms with Gasteiger partial charge < -0.3 is 4.52 Å². The van der Waals surface area contributed by atoms with E-state index in [2.05, 4.69) is 10.1 Å². The summed E-state index contributed by atoms with van der Waals surface area (Å²) in [5.74, 6) is -1.87. The van der Waals surface area contributed by atoms with Crippen LogP contribution in [-0.2, 0) is 6.54 Å². The van der Waals surface area contributed by atoms with E-state index in [9.17, 15) is 13.6 Å². The number of carbonyl (C=O) groups is 1. The van der Waals surface area contributed by atoms with Crippen LogP contribution in [0.15, 0.2) is 53.1 Å². The van der Waals surface area contributed by atoms with Crippen LogP contribution >= 0.6 is 11.3 Å². The van der Waals surface area contributed by atoms with Crippen molar-refractivity contribution in [2.24, 2.45) is 0 Å². The zero-order chi connectivity index (χ0) is 19.0. The molecule has 0 fully saturated rings. The standard InChI is InChI=1S/C19H13F2N3O2S/c1-11-7-15(26-23-11)18(25)24(10-12-5-3-2-4-6-12)19-22-17-14(21)8-13(20)9-16(17)27-19/h2-9H,10H2,1H3. The number of hydrogen-bond acceptors (Lipinski definition) is 5. The van der Waals surface area contributed by atoms with Crippen molar-refractivity contribution < 1.29 is 18.1 Å². The average Bonchev–Trinajstić information content (AvgIpc) is 3.26. The molecule has 1 amide bonds. The van der Waals surface area contributed by atoms with Gasteiger partial charge in [0.05, 0.1) is 16.9 Å². The summed E-state index contributed by atoms with van der Waals surface area (Å²) in [5, 5.41) is 3.99. The number of amides is 1. The van der Waals surface area contributed by atoms with E-state index in [1.54, 1.807) is 6.92 Å². The number of hydrogen-bond donors (Lipinski definition) is 0. The summed E-state index contributed by atoms with van der Waals surface area (Å²) >= 11 is 1.03. The quantitative estimate of drug-likeness (QED) is 0.510. The molecule has 0 saturated carbocycles. The van der Waals surface area contributed by atoms with Crippen LogP contribution < -0.4 is 4.90 Å². The molecule has 0 saturated heterocycles. The lowest BCUT2D eigenvalue weighted by Crippen LogP contribution is -2.30. The molecular formula is C19H13F2N3O2S. The Morgan fingerprint density at radius 3 is 2.67 bits per heavy atom. The van der Waals surface area contributed by atoms with Crippen LogP contribution in [0, 0.1) is 18.6 Å². The van der Waals surface area contributed by atoms with Gasteiger partial charge in [-0.05, 0) is 18.6 Å². The Morgan fingerprint density at radius 2 is 1.96 bits per heavy atom. The summed E-state index contributed by atoms with van der Waals surface area (Å²) in [6.07, 6.45) is 0. The van der Waals surface area contributed by atoms with Gasteiger partial charge in [-0.3, -0.25) is 9.69 Å². The zero-order valence-corrected chi connectivity index (χ0v) is 15.0. The number of thiazole rings is 1. The second-order valence-electron chi connectivity index (χ2n) is 5.94. The van der Waals surface area contributed by atoms with Crippen molar-refractivity contribution in [3.05, 3.63) is 77.2 Å². The molecule has 27 heavy (non-hydrogen) atoms. The van der Waals surface area contributed by atoms with Crippen LogP contribution in [0.4, 0.5) is 13.9 Å². The molecule has 0 unspecified atom stereocenters. The van der Waals surface area contributed by atoms with E-state index in [1.807, 2.05) is 30.3 Å². The summed E-state index contributed by atoms with van der Waals surface area (Å²) in [7, 11) is 0. The maximum absolute atomic E-state index is 14.1. The molecule has 0 aliphatic rings. The number of aryl methyl sites for hydroxylation is 1. The predicted molar refractivity (Wildman–Crippen MR) is 97.7 cm³/mol. The third-order valence-electron chi connectivity index (χ3n) is 3.90. The van der Waals surface area contributed by atoms with Gasteiger partial charge in [0, 0.05) is 12.1 Å². The molecule has 0 aliphatic heterocycles. The summed E-state index contributed by atoms with van der Waals surface area (Å²) < 4.78 is 33.0. The monoisotopic (exact) mass is 385 g/mol. The smallest absolute Gasteiger partial charge is 0.298 e. The highest BCUT2D eigenvalue weighted by Crippen LogP contribution is 2.32. The molecule has 0 aliphatic carbocycles. The van der Waals surface area contributed by atoms with E-state index in [-0.39, 0.29) is 23.0 Å². The molecule has 0 spiro atoms. The summed E-state index contributed by atoms with van der Waals surface area (Å²) in [6.45, 7) is 1.90. The van der Waals surface area contributed by atoms with Crippen molar-refractivity contribution in [2.45, 2.75) is 13.5 Å². The summed E-state index contributed by atoms with van der Waals surface area (Å²) in [4.78, 5) is 18.6. The summed E-state index contributed by atoms with van der Waals surface area (Å²) in [6, 6.07) is 12.8. The normalized spacial score (nSPS) is 11.1. The lowest BCUT2D eigenvalue weighted by Gasteiger charge is -2.18. The van der Waals surface area contributed by atoms with Crippen molar-refractivity contribution in [3.8, 4) is 0 Å². The van der Waals surface area contributed by atoms with Crippen LogP contribution in [0.25, 0.3) is 10.2 Å². The molecule has 0 bridgehead atoms. The predicted octanol–water partition coefficient (Wildman–Crippen LogP) is 4.72. The second-order valence-corrected chi connectivity index (χ2v) is 6.95.